The van der Waals surface area contributed by atoms with Gasteiger partial charge in [0.25, 0.3) is 0 Å². The van der Waals surface area contributed by atoms with Crippen LogP contribution in [0.25, 0.3) is 22.1 Å². The first-order valence-electron chi connectivity index (χ1n) is 12.4. The molecule has 0 saturated carbocycles. The maximum absolute atomic E-state index is 10.2. The molecule has 16 heteroatoms. The molecule has 4 aromatic heterocycles. The second-order valence-corrected chi connectivity index (χ2v) is 10.2. The molecule has 0 spiro atoms. The van der Waals surface area contributed by atoms with E-state index in [0.29, 0.717) is 33.7 Å². The smallest absolute Gasteiger partial charge is 0.164 e. The van der Waals surface area contributed by atoms with E-state index in [1.165, 1.54) is 26.5 Å². The fourth-order valence-electron chi connectivity index (χ4n) is 5.00. The first-order valence-corrected chi connectivity index (χ1v) is 12.4. The lowest BCUT2D eigenvalue weighted by molar-refractivity contribution is -0.0805. The molecular formula is C24H32N8O8. The second-order valence-electron chi connectivity index (χ2n) is 10.2. The third kappa shape index (κ3) is 4.34. The highest BCUT2D eigenvalue weighted by atomic mass is 16.6. The molecular weight excluding hydrogens is 528 g/mol. The van der Waals surface area contributed by atoms with Gasteiger partial charge in [-0.05, 0) is 26.0 Å². The maximum atomic E-state index is 10.2. The van der Waals surface area contributed by atoms with Gasteiger partial charge in [-0.3, -0.25) is 0 Å². The molecule has 40 heavy (non-hydrogen) atoms. The summed E-state index contributed by atoms with van der Waals surface area (Å²) in [6.07, 6.45) is 0.0757. The van der Waals surface area contributed by atoms with E-state index < -0.39 is 61.3 Å². The van der Waals surface area contributed by atoms with E-state index in [4.69, 9.17) is 20.9 Å². The van der Waals surface area contributed by atoms with Gasteiger partial charge < -0.3 is 60.7 Å². The van der Waals surface area contributed by atoms with Gasteiger partial charge in [0.05, 0.1) is 24.0 Å². The molecule has 8 atom stereocenters. The molecule has 16 nitrogen and oxygen atoms in total. The minimum atomic E-state index is -1.55. The molecule has 0 amide bonds. The molecule has 0 aliphatic carbocycles. The molecule has 10 N–H and O–H groups in total. The van der Waals surface area contributed by atoms with E-state index in [1.807, 2.05) is 0 Å². The summed E-state index contributed by atoms with van der Waals surface area (Å²) in [6, 6.07) is 3.42. The molecule has 0 radical (unpaired) electrons. The summed E-state index contributed by atoms with van der Waals surface area (Å²) in [5.41, 5.74) is 9.40. The van der Waals surface area contributed by atoms with Crippen LogP contribution < -0.4 is 11.5 Å². The lowest BCUT2D eigenvalue weighted by Crippen LogP contribution is -2.46. The van der Waals surface area contributed by atoms with Gasteiger partial charge in [0.1, 0.15) is 71.2 Å². The molecule has 2 aliphatic heterocycles. The lowest BCUT2D eigenvalue weighted by Gasteiger charge is -2.25. The van der Waals surface area contributed by atoms with Crippen LogP contribution in [0.3, 0.4) is 0 Å². The summed E-state index contributed by atoms with van der Waals surface area (Å²) >= 11 is 0. The molecule has 216 valence electrons. The summed E-state index contributed by atoms with van der Waals surface area (Å²) in [6.45, 7) is 2.06. The lowest BCUT2D eigenvalue weighted by atomic mass is 9.95. The molecule has 6 rings (SSSR count). The summed E-state index contributed by atoms with van der Waals surface area (Å²) in [4.78, 5) is 16.0. The first-order chi connectivity index (χ1) is 18.9. The first kappa shape index (κ1) is 28.1. The van der Waals surface area contributed by atoms with Crippen molar-refractivity contribution in [3.05, 3.63) is 37.2 Å². The zero-order valence-electron chi connectivity index (χ0n) is 21.7. The van der Waals surface area contributed by atoms with Crippen LogP contribution in [-0.2, 0) is 9.47 Å². The van der Waals surface area contributed by atoms with Gasteiger partial charge in [-0.25, -0.2) is 19.9 Å². The Hall–Kier alpha value is -3.48. The van der Waals surface area contributed by atoms with Crippen LogP contribution >= 0.6 is 0 Å². The fourth-order valence-corrected chi connectivity index (χ4v) is 5.00. The Bertz CT molecular complexity index is 1390. The molecule has 2 aliphatic rings. The topological polar surface area (TPSA) is 253 Å². The Labute approximate surface area is 227 Å². The third-order valence-corrected chi connectivity index (χ3v) is 7.61. The highest BCUT2D eigenvalue weighted by Gasteiger charge is 2.53. The zero-order valence-corrected chi connectivity index (χ0v) is 21.7. The molecule has 2 fully saturated rings. The monoisotopic (exact) mass is 560 g/mol. The number of hydrogen-bond acceptors (Lipinski definition) is 14. The second kappa shape index (κ2) is 10.2. The van der Waals surface area contributed by atoms with Crippen LogP contribution in [0.15, 0.2) is 37.2 Å². The standard InChI is InChI=1S/2C12H16N4O4/c2*1-12(19)7(4-17)20-11(8(12)18)16-3-2-6-9(13)14-5-15-10(6)16/h2*2-3,5,7-8,11,17-19H,4H2,1H3,(H2,13,14,15)/t7-,8+,11-,12+;7-,8+,11-,12-/m11/s1. The Morgan fingerprint density at radius 1 is 0.750 bits per heavy atom. The van der Waals surface area contributed by atoms with Crippen molar-refractivity contribution in [2.24, 2.45) is 0 Å². The van der Waals surface area contributed by atoms with Crippen molar-refractivity contribution in [2.45, 2.75) is 61.9 Å². The van der Waals surface area contributed by atoms with Crippen molar-refractivity contribution in [3.8, 4) is 0 Å². The number of hydrogen-bond donors (Lipinski definition) is 8. The minimum absolute atomic E-state index is 0.326. The Balaban J connectivity index is 0.000000161. The summed E-state index contributed by atoms with van der Waals surface area (Å²) < 4.78 is 14.2. The number of aliphatic hydroxyl groups excluding tert-OH is 4. The van der Waals surface area contributed by atoms with Gasteiger partial charge in [-0.2, -0.15) is 0 Å². The zero-order chi connectivity index (χ0) is 29.0. The largest absolute Gasteiger partial charge is 0.394 e. The van der Waals surface area contributed by atoms with E-state index in [0.717, 1.165) is 0 Å². The summed E-state index contributed by atoms with van der Waals surface area (Å²) in [7, 11) is 0. The molecule has 4 aromatic rings. The number of aromatic nitrogens is 6. The number of anilines is 2. The minimum Gasteiger partial charge on any atom is -0.394 e. The quantitative estimate of drug-likeness (QED) is 0.135. The summed E-state index contributed by atoms with van der Waals surface area (Å²) in [5.74, 6) is 0.651. The Morgan fingerprint density at radius 2 is 1.12 bits per heavy atom. The number of nitrogens with two attached hydrogens (primary N) is 2. The van der Waals surface area contributed by atoms with E-state index in [-0.39, 0.29) is 0 Å². The van der Waals surface area contributed by atoms with Gasteiger partial charge in [0, 0.05) is 12.4 Å². The van der Waals surface area contributed by atoms with Crippen LogP contribution in [0.1, 0.15) is 26.3 Å². The maximum Gasteiger partial charge on any atom is 0.164 e. The number of nitrogens with zero attached hydrogens (tertiary/aromatic N) is 6. The molecule has 0 bridgehead atoms. The van der Waals surface area contributed by atoms with Crippen molar-refractivity contribution in [1.29, 1.82) is 0 Å². The van der Waals surface area contributed by atoms with E-state index in [9.17, 15) is 30.6 Å². The average Bonchev–Trinajstić information content (AvgIpc) is 3.65. The van der Waals surface area contributed by atoms with E-state index in [2.05, 4.69) is 19.9 Å². The van der Waals surface area contributed by atoms with Crippen LogP contribution in [-0.4, -0.2) is 109 Å². The van der Waals surface area contributed by atoms with Gasteiger partial charge in [0.2, 0.25) is 0 Å². The number of ether oxygens (including phenoxy) is 2. The number of nitrogen functional groups attached to an aromatic ring is 2. The normalized spacial score (nSPS) is 33.9. The number of aliphatic hydroxyl groups is 6. The van der Waals surface area contributed by atoms with Crippen molar-refractivity contribution in [2.75, 3.05) is 24.7 Å². The van der Waals surface area contributed by atoms with Crippen molar-refractivity contribution < 1.29 is 40.1 Å². The molecule has 2 saturated heterocycles. The summed E-state index contributed by atoms with van der Waals surface area (Å²) in [5, 5.41) is 60.7. The molecule has 0 aromatic carbocycles. The predicted molar refractivity (Wildman–Crippen MR) is 139 cm³/mol. The van der Waals surface area contributed by atoms with Gasteiger partial charge in [0.15, 0.2) is 12.5 Å². The highest BCUT2D eigenvalue weighted by molar-refractivity contribution is 5.86. The van der Waals surface area contributed by atoms with Crippen molar-refractivity contribution in [1.82, 2.24) is 29.1 Å². The van der Waals surface area contributed by atoms with Crippen LogP contribution in [0, 0.1) is 0 Å². The number of fused-ring (bicyclic) bond motifs is 2. The van der Waals surface area contributed by atoms with E-state index in [1.54, 1.807) is 33.7 Å². The van der Waals surface area contributed by atoms with E-state index >= 15 is 0 Å². The fraction of sp³-hybridized carbons (Fsp3) is 0.500. The van der Waals surface area contributed by atoms with Crippen LogP contribution in [0.4, 0.5) is 11.6 Å². The van der Waals surface area contributed by atoms with Crippen LogP contribution in [0.2, 0.25) is 0 Å². The van der Waals surface area contributed by atoms with Gasteiger partial charge >= 0.3 is 0 Å². The molecule has 0 unspecified atom stereocenters. The SMILES string of the molecule is C[C@@]1(O)[C@@H](CO)O[C@@H](n2ccc3c(N)ncnc32)[C@@H]1O.C[C@]1(O)[C@@H](CO)O[C@@H](n2ccc3c(N)ncnc32)[C@@H]1O. The number of rotatable bonds is 4. The predicted octanol–water partition coefficient (Wildman–Crippen LogP) is -1.97. The van der Waals surface area contributed by atoms with Crippen molar-refractivity contribution >= 4 is 33.7 Å². The molecule has 6 heterocycles. The van der Waals surface area contributed by atoms with Gasteiger partial charge in [-0.1, -0.05) is 0 Å². The average molecular weight is 561 g/mol. The Morgan fingerprint density at radius 3 is 1.45 bits per heavy atom. The third-order valence-electron chi connectivity index (χ3n) is 7.61. The van der Waals surface area contributed by atoms with Crippen LogP contribution in [0.5, 0.6) is 0 Å². The van der Waals surface area contributed by atoms with Gasteiger partial charge in [-0.15, -0.1) is 0 Å². The Kier molecular flexibility index (Phi) is 7.13. The van der Waals surface area contributed by atoms with Crippen molar-refractivity contribution in [3.63, 3.8) is 0 Å². The highest BCUT2D eigenvalue weighted by Crippen LogP contribution is 2.39.